The van der Waals surface area contributed by atoms with Gasteiger partial charge in [-0.15, -0.1) is 0 Å². The van der Waals surface area contributed by atoms with Crippen LogP contribution in [0.3, 0.4) is 0 Å². The van der Waals surface area contributed by atoms with Gasteiger partial charge in [-0.25, -0.2) is 0 Å². The minimum Gasteiger partial charge on any atom is -0.346 e. The van der Waals surface area contributed by atoms with Crippen molar-refractivity contribution >= 4 is 29.1 Å². The summed E-state index contributed by atoms with van der Waals surface area (Å²) in [5, 5.41) is 4.53. The molecular formula is C16H19Cl2NO. The van der Waals surface area contributed by atoms with Gasteiger partial charge < -0.3 is 5.32 Å². The maximum Gasteiger partial charge on any atom is 0.223 e. The summed E-state index contributed by atoms with van der Waals surface area (Å²) in [5.41, 5.74) is 0.767. The lowest BCUT2D eigenvalue weighted by molar-refractivity contribution is -0.127. The lowest BCUT2D eigenvalue weighted by Gasteiger charge is -2.25. The standard InChI is InChI=1S/C16H19Cl2NO/c17-12-6-7-13(14(18)10-12)16(8-9-16)19-15(20)11-4-2-1-3-5-11/h6-7,10-11H,1-5,8-9H2,(H,19,20). The van der Waals surface area contributed by atoms with Crippen LogP contribution in [-0.2, 0) is 10.3 Å². The first kappa shape index (κ1) is 14.2. The Morgan fingerprint density at radius 1 is 1.15 bits per heavy atom. The number of rotatable bonds is 3. The molecule has 2 aliphatic rings. The number of hydrogen-bond acceptors (Lipinski definition) is 1. The molecule has 0 aliphatic heterocycles. The minimum absolute atomic E-state index is 0.187. The fraction of sp³-hybridized carbons (Fsp3) is 0.562. The summed E-state index contributed by atoms with van der Waals surface area (Å²) >= 11 is 12.2. The van der Waals surface area contributed by atoms with Gasteiger partial charge in [0.25, 0.3) is 0 Å². The zero-order valence-electron chi connectivity index (χ0n) is 11.4. The molecule has 0 radical (unpaired) electrons. The number of halogens is 2. The van der Waals surface area contributed by atoms with Gasteiger partial charge >= 0.3 is 0 Å². The highest BCUT2D eigenvalue weighted by molar-refractivity contribution is 6.35. The SMILES string of the molecule is O=C(NC1(c2ccc(Cl)cc2Cl)CC1)C1CCCCC1. The number of hydrogen-bond donors (Lipinski definition) is 1. The number of nitrogens with one attached hydrogen (secondary N) is 1. The van der Waals surface area contributed by atoms with Gasteiger partial charge in [-0.05, 0) is 43.4 Å². The van der Waals surface area contributed by atoms with Gasteiger partial charge in [0, 0.05) is 16.0 Å². The molecule has 0 bridgehead atoms. The first-order chi connectivity index (χ1) is 9.61. The lowest BCUT2D eigenvalue weighted by Crippen LogP contribution is -2.39. The molecule has 0 aromatic heterocycles. The Balaban J connectivity index is 1.74. The van der Waals surface area contributed by atoms with Crippen LogP contribution < -0.4 is 5.32 Å². The van der Waals surface area contributed by atoms with Crippen LogP contribution in [0.2, 0.25) is 10.0 Å². The van der Waals surface area contributed by atoms with E-state index in [4.69, 9.17) is 23.2 Å². The molecule has 108 valence electrons. The van der Waals surface area contributed by atoms with E-state index in [1.165, 1.54) is 19.3 Å². The first-order valence-electron chi connectivity index (χ1n) is 7.38. The van der Waals surface area contributed by atoms with Crippen molar-refractivity contribution in [3.8, 4) is 0 Å². The zero-order chi connectivity index (χ0) is 14.2. The van der Waals surface area contributed by atoms with Crippen molar-refractivity contribution in [3.05, 3.63) is 33.8 Å². The molecule has 3 rings (SSSR count). The summed E-state index contributed by atoms with van der Waals surface area (Å²) in [6.45, 7) is 0. The number of amides is 1. The molecule has 1 aromatic rings. The van der Waals surface area contributed by atoms with Crippen LogP contribution >= 0.6 is 23.2 Å². The fourth-order valence-electron chi connectivity index (χ4n) is 3.17. The quantitative estimate of drug-likeness (QED) is 0.862. The van der Waals surface area contributed by atoms with Gasteiger partial charge in [0.15, 0.2) is 0 Å². The van der Waals surface area contributed by atoms with Crippen LogP contribution in [0, 0.1) is 5.92 Å². The van der Waals surface area contributed by atoms with Crippen LogP contribution in [0.4, 0.5) is 0 Å². The Labute approximate surface area is 129 Å². The number of carbonyl (C=O) groups is 1. The fourth-order valence-corrected chi connectivity index (χ4v) is 3.76. The number of benzene rings is 1. The molecule has 20 heavy (non-hydrogen) atoms. The summed E-state index contributed by atoms with van der Waals surface area (Å²) in [7, 11) is 0. The van der Waals surface area contributed by atoms with Gasteiger partial charge in [-0.1, -0.05) is 48.5 Å². The Morgan fingerprint density at radius 2 is 1.85 bits per heavy atom. The van der Waals surface area contributed by atoms with E-state index in [-0.39, 0.29) is 17.4 Å². The monoisotopic (exact) mass is 311 g/mol. The summed E-state index contributed by atoms with van der Waals surface area (Å²) in [4.78, 5) is 12.4. The third-order valence-electron chi connectivity index (χ3n) is 4.54. The minimum atomic E-state index is -0.240. The second-order valence-electron chi connectivity index (χ2n) is 6.03. The Morgan fingerprint density at radius 3 is 2.45 bits per heavy atom. The number of carbonyl (C=O) groups excluding carboxylic acids is 1. The van der Waals surface area contributed by atoms with Crippen molar-refractivity contribution in [1.82, 2.24) is 5.32 Å². The highest BCUT2D eigenvalue weighted by atomic mass is 35.5. The van der Waals surface area contributed by atoms with Gasteiger partial charge in [-0.3, -0.25) is 4.79 Å². The molecule has 1 aromatic carbocycles. The molecule has 4 heteroatoms. The second kappa shape index (κ2) is 5.57. The molecule has 0 spiro atoms. The molecule has 2 saturated carbocycles. The largest absolute Gasteiger partial charge is 0.346 e. The summed E-state index contributed by atoms with van der Waals surface area (Å²) in [6.07, 6.45) is 7.59. The van der Waals surface area contributed by atoms with Crippen molar-refractivity contribution in [2.75, 3.05) is 0 Å². The molecule has 2 nitrogen and oxygen atoms in total. The molecule has 1 amide bonds. The van der Waals surface area contributed by atoms with Crippen molar-refractivity contribution in [1.29, 1.82) is 0 Å². The molecule has 1 N–H and O–H groups in total. The van der Waals surface area contributed by atoms with Crippen LogP contribution in [0.1, 0.15) is 50.5 Å². The topological polar surface area (TPSA) is 29.1 Å². The average molecular weight is 312 g/mol. The summed E-state index contributed by atoms with van der Waals surface area (Å²) < 4.78 is 0. The molecule has 0 atom stereocenters. The van der Waals surface area contributed by atoms with E-state index in [1.807, 2.05) is 12.1 Å². The predicted octanol–water partition coefficient (Wildman–Crippen LogP) is 4.68. The van der Waals surface area contributed by atoms with E-state index < -0.39 is 0 Å². The van der Waals surface area contributed by atoms with E-state index in [0.29, 0.717) is 10.0 Å². The van der Waals surface area contributed by atoms with E-state index in [1.54, 1.807) is 6.07 Å². The van der Waals surface area contributed by atoms with E-state index >= 15 is 0 Å². The predicted molar refractivity (Wildman–Crippen MR) is 82.1 cm³/mol. The van der Waals surface area contributed by atoms with Crippen LogP contribution in [0.15, 0.2) is 18.2 Å². The second-order valence-corrected chi connectivity index (χ2v) is 6.87. The normalized spacial score (nSPS) is 21.5. The summed E-state index contributed by atoms with van der Waals surface area (Å²) in [6, 6.07) is 5.54. The van der Waals surface area contributed by atoms with Crippen LogP contribution in [0.25, 0.3) is 0 Å². The third kappa shape index (κ3) is 2.82. The van der Waals surface area contributed by atoms with E-state index in [0.717, 1.165) is 31.2 Å². The van der Waals surface area contributed by atoms with Crippen LogP contribution in [-0.4, -0.2) is 5.91 Å². The first-order valence-corrected chi connectivity index (χ1v) is 8.14. The maximum atomic E-state index is 12.4. The highest BCUT2D eigenvalue weighted by Crippen LogP contribution is 2.48. The van der Waals surface area contributed by atoms with Gasteiger partial charge in [0.1, 0.15) is 0 Å². The Bertz CT molecular complexity index is 519. The molecular weight excluding hydrogens is 293 g/mol. The van der Waals surface area contributed by atoms with Crippen molar-refractivity contribution in [2.24, 2.45) is 5.92 Å². The van der Waals surface area contributed by atoms with Crippen molar-refractivity contribution in [3.63, 3.8) is 0 Å². The maximum absolute atomic E-state index is 12.4. The van der Waals surface area contributed by atoms with Crippen LogP contribution in [0.5, 0.6) is 0 Å². The van der Waals surface area contributed by atoms with Gasteiger partial charge in [0.05, 0.1) is 5.54 Å². The summed E-state index contributed by atoms with van der Waals surface area (Å²) in [5.74, 6) is 0.389. The van der Waals surface area contributed by atoms with Gasteiger partial charge in [-0.2, -0.15) is 0 Å². The Kier molecular flexibility index (Phi) is 3.96. The zero-order valence-corrected chi connectivity index (χ0v) is 12.9. The van der Waals surface area contributed by atoms with E-state index in [9.17, 15) is 4.79 Å². The van der Waals surface area contributed by atoms with Crippen molar-refractivity contribution in [2.45, 2.75) is 50.5 Å². The third-order valence-corrected chi connectivity index (χ3v) is 5.08. The van der Waals surface area contributed by atoms with Gasteiger partial charge in [0.2, 0.25) is 5.91 Å². The smallest absolute Gasteiger partial charge is 0.223 e. The molecule has 0 saturated heterocycles. The van der Waals surface area contributed by atoms with E-state index in [2.05, 4.69) is 5.32 Å². The highest BCUT2D eigenvalue weighted by Gasteiger charge is 2.47. The molecule has 2 fully saturated rings. The average Bonchev–Trinajstić information content (AvgIpc) is 3.20. The lowest BCUT2D eigenvalue weighted by atomic mass is 9.88. The Hall–Kier alpha value is -0.730. The molecule has 0 heterocycles. The molecule has 2 aliphatic carbocycles. The molecule has 0 unspecified atom stereocenters. The van der Waals surface area contributed by atoms with Crippen molar-refractivity contribution < 1.29 is 4.79 Å².